The van der Waals surface area contributed by atoms with Crippen LogP contribution in [-0.2, 0) is 0 Å². The molecule has 0 fully saturated rings. The van der Waals surface area contributed by atoms with Crippen molar-refractivity contribution >= 4 is 46.0 Å². The molecule has 1 amide bonds. The topological polar surface area (TPSA) is 66.4 Å². The Morgan fingerprint density at radius 3 is 2.91 bits per heavy atom. The average molecular weight is 347 g/mol. The number of thiazole rings is 1. The molecule has 0 aliphatic carbocycles. The third-order valence-electron chi connectivity index (χ3n) is 3.88. The molecule has 0 unspecified atom stereocenters. The molecule has 3 rings (SSSR count). The van der Waals surface area contributed by atoms with E-state index in [-0.39, 0.29) is 17.5 Å². The number of amides is 1. The van der Waals surface area contributed by atoms with E-state index in [0.29, 0.717) is 19.9 Å². The van der Waals surface area contributed by atoms with Gasteiger partial charge >= 0.3 is 0 Å². The number of H-pyrrole nitrogens is 1. The van der Waals surface area contributed by atoms with Crippen molar-refractivity contribution in [1.82, 2.24) is 14.7 Å². The third kappa shape index (κ3) is 2.70. The lowest BCUT2D eigenvalue weighted by atomic mass is 10.1. The Labute approximate surface area is 142 Å². The molecule has 0 bridgehead atoms. The van der Waals surface area contributed by atoms with Crippen LogP contribution in [0.15, 0.2) is 23.0 Å². The minimum atomic E-state index is -0.214. The van der Waals surface area contributed by atoms with Crippen molar-refractivity contribution in [3.63, 3.8) is 0 Å². The Hall–Kier alpha value is -1.99. The van der Waals surface area contributed by atoms with Crippen LogP contribution in [0.3, 0.4) is 0 Å². The maximum atomic E-state index is 12.5. The molecule has 2 N–H and O–H groups in total. The van der Waals surface area contributed by atoms with E-state index in [4.69, 9.17) is 12.2 Å². The van der Waals surface area contributed by atoms with Gasteiger partial charge in [0.05, 0.1) is 10.9 Å². The maximum absolute atomic E-state index is 12.5. The smallest absolute Gasteiger partial charge is 0.265 e. The van der Waals surface area contributed by atoms with E-state index in [1.807, 2.05) is 39.0 Å². The van der Waals surface area contributed by atoms with Crippen molar-refractivity contribution in [2.45, 2.75) is 33.2 Å². The normalized spacial score (nSPS) is 12.7. The van der Waals surface area contributed by atoms with Crippen molar-refractivity contribution in [1.29, 1.82) is 0 Å². The summed E-state index contributed by atoms with van der Waals surface area (Å²) in [6.45, 7) is 5.87. The van der Waals surface area contributed by atoms with Crippen LogP contribution in [0.1, 0.15) is 35.5 Å². The van der Waals surface area contributed by atoms with Gasteiger partial charge in [-0.2, -0.15) is 0 Å². The Morgan fingerprint density at radius 1 is 1.48 bits per heavy atom. The molecule has 0 saturated carbocycles. The number of aromatic nitrogens is 2. The molecular weight excluding hydrogens is 330 g/mol. The number of rotatable bonds is 3. The third-order valence-corrected chi connectivity index (χ3v) is 5.25. The first-order valence-corrected chi connectivity index (χ1v) is 8.64. The highest BCUT2D eigenvalue weighted by Crippen LogP contribution is 2.23. The number of carbonyl (C=O) groups is 1. The first-order chi connectivity index (χ1) is 10.9. The van der Waals surface area contributed by atoms with Gasteiger partial charge in [-0.15, -0.1) is 0 Å². The van der Waals surface area contributed by atoms with Gasteiger partial charge in [0.2, 0.25) is 0 Å². The lowest BCUT2D eigenvalue weighted by Crippen LogP contribution is -2.31. The number of hydrogen-bond acceptors (Lipinski definition) is 4. The quantitative estimate of drug-likeness (QED) is 0.714. The van der Waals surface area contributed by atoms with Crippen LogP contribution < -0.4 is 10.9 Å². The van der Waals surface area contributed by atoms with Crippen molar-refractivity contribution in [3.05, 3.63) is 42.9 Å². The van der Waals surface area contributed by atoms with Crippen LogP contribution in [0.4, 0.5) is 0 Å². The summed E-state index contributed by atoms with van der Waals surface area (Å²) in [4.78, 5) is 28.1. The van der Waals surface area contributed by atoms with Crippen molar-refractivity contribution in [2.24, 2.45) is 0 Å². The summed E-state index contributed by atoms with van der Waals surface area (Å²) in [5.74, 6) is -0.208. The molecule has 5 nitrogen and oxygen atoms in total. The SMILES string of the molecule is CC[C@H](C)NC(=O)c1sc(=S)n2c1[nH]c(=O)c1cc(C)ccc12. The first-order valence-electron chi connectivity index (χ1n) is 7.41. The van der Waals surface area contributed by atoms with Crippen LogP contribution >= 0.6 is 23.6 Å². The molecule has 7 heteroatoms. The fourth-order valence-electron chi connectivity index (χ4n) is 2.45. The minimum Gasteiger partial charge on any atom is -0.349 e. The van der Waals surface area contributed by atoms with Crippen LogP contribution in [0.25, 0.3) is 16.6 Å². The van der Waals surface area contributed by atoms with Crippen LogP contribution in [-0.4, -0.2) is 21.3 Å². The Kier molecular flexibility index (Phi) is 4.08. The Morgan fingerprint density at radius 2 is 2.22 bits per heavy atom. The Bertz CT molecular complexity index is 1030. The van der Waals surface area contributed by atoms with Gasteiger partial charge in [0, 0.05) is 6.04 Å². The molecule has 23 heavy (non-hydrogen) atoms. The number of fused-ring (bicyclic) bond motifs is 3. The summed E-state index contributed by atoms with van der Waals surface area (Å²) in [6, 6.07) is 5.69. The van der Waals surface area contributed by atoms with Gasteiger partial charge < -0.3 is 10.3 Å². The summed E-state index contributed by atoms with van der Waals surface area (Å²) >= 11 is 6.63. The number of aromatic amines is 1. The second-order valence-electron chi connectivity index (χ2n) is 5.64. The van der Waals surface area contributed by atoms with E-state index in [2.05, 4.69) is 10.3 Å². The maximum Gasteiger partial charge on any atom is 0.265 e. The second-order valence-corrected chi connectivity index (χ2v) is 7.28. The molecule has 0 aliphatic heterocycles. The van der Waals surface area contributed by atoms with E-state index < -0.39 is 0 Å². The zero-order chi connectivity index (χ0) is 16.7. The zero-order valence-corrected chi connectivity index (χ0v) is 14.7. The van der Waals surface area contributed by atoms with Crippen molar-refractivity contribution in [2.75, 3.05) is 0 Å². The van der Waals surface area contributed by atoms with Crippen molar-refractivity contribution in [3.8, 4) is 0 Å². The minimum absolute atomic E-state index is 0.0630. The number of carbonyl (C=O) groups excluding carboxylic acids is 1. The van der Waals surface area contributed by atoms with Gasteiger partial charge in [0.15, 0.2) is 3.95 Å². The molecular formula is C16H17N3O2S2. The monoisotopic (exact) mass is 347 g/mol. The Balaban J connectivity index is 2.30. The zero-order valence-electron chi connectivity index (χ0n) is 13.1. The summed E-state index contributed by atoms with van der Waals surface area (Å²) in [5, 5.41) is 3.49. The molecule has 1 aromatic carbocycles. The molecule has 0 radical (unpaired) electrons. The molecule has 0 saturated heterocycles. The first kappa shape index (κ1) is 15.9. The summed E-state index contributed by atoms with van der Waals surface area (Å²) in [5.41, 5.74) is 1.97. The fraction of sp³-hybridized carbons (Fsp3) is 0.312. The summed E-state index contributed by atoms with van der Waals surface area (Å²) < 4.78 is 2.31. The lowest BCUT2D eigenvalue weighted by molar-refractivity contribution is 0.0944. The van der Waals surface area contributed by atoms with E-state index >= 15 is 0 Å². The summed E-state index contributed by atoms with van der Waals surface area (Å²) in [6.07, 6.45) is 0.835. The van der Waals surface area contributed by atoms with Gasteiger partial charge in [0.25, 0.3) is 11.5 Å². The average Bonchev–Trinajstić information content (AvgIpc) is 2.84. The van der Waals surface area contributed by atoms with Crippen LogP contribution in [0, 0.1) is 10.9 Å². The molecule has 2 heterocycles. The van der Waals surface area contributed by atoms with Crippen LogP contribution in [0.5, 0.6) is 0 Å². The van der Waals surface area contributed by atoms with Crippen LogP contribution in [0.2, 0.25) is 0 Å². The molecule has 0 spiro atoms. The highest BCUT2D eigenvalue weighted by Gasteiger charge is 2.18. The number of benzene rings is 1. The van der Waals surface area contributed by atoms with Gasteiger partial charge in [-0.3, -0.25) is 14.0 Å². The number of aryl methyl sites for hydroxylation is 1. The van der Waals surface area contributed by atoms with E-state index in [0.717, 1.165) is 17.5 Å². The fourth-order valence-corrected chi connectivity index (χ4v) is 3.74. The van der Waals surface area contributed by atoms with E-state index in [9.17, 15) is 9.59 Å². The van der Waals surface area contributed by atoms with Gasteiger partial charge in [-0.1, -0.05) is 29.9 Å². The predicted octanol–water partition coefficient (Wildman–Crippen LogP) is 3.41. The second kappa shape index (κ2) is 5.90. The molecule has 1 atom stereocenters. The van der Waals surface area contributed by atoms with Gasteiger partial charge in [-0.25, -0.2) is 0 Å². The van der Waals surface area contributed by atoms with Gasteiger partial charge in [0.1, 0.15) is 10.5 Å². The van der Waals surface area contributed by atoms with E-state index in [1.165, 1.54) is 11.3 Å². The van der Waals surface area contributed by atoms with E-state index in [1.54, 1.807) is 4.40 Å². The van der Waals surface area contributed by atoms with Crippen molar-refractivity contribution < 1.29 is 4.79 Å². The number of hydrogen-bond donors (Lipinski definition) is 2. The highest BCUT2D eigenvalue weighted by atomic mass is 32.1. The number of nitrogens with one attached hydrogen (secondary N) is 2. The number of nitrogens with zero attached hydrogens (tertiary/aromatic N) is 1. The molecule has 120 valence electrons. The summed E-state index contributed by atoms with van der Waals surface area (Å²) in [7, 11) is 0. The highest BCUT2D eigenvalue weighted by molar-refractivity contribution is 7.73. The molecule has 0 aliphatic rings. The largest absolute Gasteiger partial charge is 0.349 e. The standard InChI is InChI=1S/C16H17N3O2S2/c1-4-9(3)17-15(21)12-13-18-14(20)10-7-8(2)5-6-11(10)19(13)16(22)23-12/h5-7,9H,4H2,1-3H3,(H,17,21)(H,18,20)/t9-/m0/s1. The molecule has 3 aromatic rings. The van der Waals surface area contributed by atoms with Gasteiger partial charge in [-0.05, 0) is 44.6 Å². The lowest BCUT2D eigenvalue weighted by Gasteiger charge is -2.10. The predicted molar refractivity (Wildman–Crippen MR) is 96.2 cm³/mol. The molecule has 2 aromatic heterocycles.